The Kier molecular flexibility index (Phi) is 7.62. The molecule has 2 rings (SSSR count). The van der Waals surface area contributed by atoms with Crippen LogP contribution in [-0.2, 0) is 4.74 Å². The first-order valence-corrected chi connectivity index (χ1v) is 9.38. The van der Waals surface area contributed by atoms with Gasteiger partial charge < -0.3 is 19.4 Å². The third-order valence-electron chi connectivity index (χ3n) is 4.28. The Balaban J connectivity index is 2.02. The zero-order chi connectivity index (χ0) is 18.9. The van der Waals surface area contributed by atoms with Gasteiger partial charge in [-0.3, -0.25) is 4.79 Å². The molecule has 1 aliphatic rings. The van der Waals surface area contributed by atoms with Gasteiger partial charge in [-0.2, -0.15) is 0 Å². The SMILES string of the molecule is CCCN(CCC)c1cc(C(=O)N2CCN(C(=O)OCC)CC2)ncn1. The fraction of sp³-hybridized carbons (Fsp3) is 0.667. The lowest BCUT2D eigenvalue weighted by Gasteiger charge is -2.34. The Bertz CT molecular complexity index is 596. The Labute approximate surface area is 155 Å². The third-order valence-corrected chi connectivity index (χ3v) is 4.28. The van der Waals surface area contributed by atoms with E-state index in [1.807, 2.05) is 0 Å². The van der Waals surface area contributed by atoms with Crippen LogP contribution in [0.3, 0.4) is 0 Å². The molecule has 8 nitrogen and oxygen atoms in total. The molecule has 0 atom stereocenters. The molecule has 1 aromatic heterocycles. The lowest BCUT2D eigenvalue weighted by molar-refractivity contribution is 0.0566. The summed E-state index contributed by atoms with van der Waals surface area (Å²) in [4.78, 5) is 38.6. The first kappa shape index (κ1) is 19.9. The van der Waals surface area contributed by atoms with Gasteiger partial charge in [-0.05, 0) is 19.8 Å². The highest BCUT2D eigenvalue weighted by Crippen LogP contribution is 2.15. The average Bonchev–Trinajstić information content (AvgIpc) is 2.67. The average molecular weight is 363 g/mol. The first-order valence-electron chi connectivity index (χ1n) is 9.38. The van der Waals surface area contributed by atoms with Crippen LogP contribution in [0.2, 0.25) is 0 Å². The monoisotopic (exact) mass is 363 g/mol. The van der Waals surface area contributed by atoms with Gasteiger partial charge in [-0.25, -0.2) is 14.8 Å². The van der Waals surface area contributed by atoms with Gasteiger partial charge in [0.05, 0.1) is 6.61 Å². The molecule has 2 heterocycles. The zero-order valence-electron chi connectivity index (χ0n) is 16.0. The number of hydrogen-bond acceptors (Lipinski definition) is 6. The fourth-order valence-electron chi connectivity index (χ4n) is 2.99. The number of carbonyl (C=O) groups excluding carboxylic acids is 2. The van der Waals surface area contributed by atoms with Crippen LogP contribution < -0.4 is 4.90 Å². The molecule has 0 aromatic carbocycles. The van der Waals surface area contributed by atoms with E-state index in [-0.39, 0.29) is 12.0 Å². The van der Waals surface area contributed by atoms with E-state index in [1.165, 1.54) is 6.33 Å². The van der Waals surface area contributed by atoms with Crippen LogP contribution in [0.5, 0.6) is 0 Å². The summed E-state index contributed by atoms with van der Waals surface area (Å²) in [6, 6.07) is 1.77. The zero-order valence-corrected chi connectivity index (χ0v) is 16.0. The molecule has 0 saturated carbocycles. The highest BCUT2D eigenvalue weighted by Gasteiger charge is 2.26. The summed E-state index contributed by atoms with van der Waals surface area (Å²) in [6.07, 6.45) is 3.17. The van der Waals surface area contributed by atoms with E-state index in [0.29, 0.717) is 38.5 Å². The molecule has 1 aromatic rings. The summed E-state index contributed by atoms with van der Waals surface area (Å²) in [7, 11) is 0. The highest BCUT2D eigenvalue weighted by molar-refractivity contribution is 5.93. The minimum absolute atomic E-state index is 0.120. The maximum atomic E-state index is 12.8. The number of rotatable bonds is 7. The maximum Gasteiger partial charge on any atom is 0.409 e. The first-order chi connectivity index (χ1) is 12.6. The van der Waals surface area contributed by atoms with Crippen molar-refractivity contribution in [3.63, 3.8) is 0 Å². The van der Waals surface area contributed by atoms with Crippen molar-refractivity contribution in [2.45, 2.75) is 33.6 Å². The van der Waals surface area contributed by atoms with E-state index in [9.17, 15) is 9.59 Å². The molecule has 0 aliphatic carbocycles. The maximum absolute atomic E-state index is 12.8. The molecule has 144 valence electrons. The van der Waals surface area contributed by atoms with Crippen molar-refractivity contribution < 1.29 is 14.3 Å². The smallest absolute Gasteiger partial charge is 0.409 e. The molecule has 0 N–H and O–H groups in total. The molecule has 26 heavy (non-hydrogen) atoms. The second-order valence-corrected chi connectivity index (χ2v) is 6.23. The van der Waals surface area contributed by atoms with Gasteiger partial charge in [0.15, 0.2) is 0 Å². The lowest BCUT2D eigenvalue weighted by atomic mass is 10.2. The summed E-state index contributed by atoms with van der Waals surface area (Å²) in [5.41, 5.74) is 0.400. The molecular formula is C18H29N5O3. The van der Waals surface area contributed by atoms with E-state index in [4.69, 9.17) is 4.74 Å². The number of carbonyl (C=O) groups is 2. The Hall–Kier alpha value is -2.38. The van der Waals surface area contributed by atoms with Crippen molar-refractivity contribution in [3.8, 4) is 0 Å². The number of nitrogens with zero attached hydrogens (tertiary/aromatic N) is 5. The Morgan fingerprint density at radius 1 is 1.04 bits per heavy atom. The van der Waals surface area contributed by atoms with Crippen molar-refractivity contribution in [2.75, 3.05) is 50.8 Å². The van der Waals surface area contributed by atoms with Gasteiger partial charge in [0.1, 0.15) is 17.8 Å². The second-order valence-electron chi connectivity index (χ2n) is 6.23. The van der Waals surface area contributed by atoms with Crippen LogP contribution in [0.25, 0.3) is 0 Å². The van der Waals surface area contributed by atoms with E-state index in [1.54, 1.807) is 22.8 Å². The van der Waals surface area contributed by atoms with E-state index in [2.05, 4.69) is 28.7 Å². The third kappa shape index (κ3) is 5.06. The predicted molar refractivity (Wildman–Crippen MR) is 99.3 cm³/mol. The van der Waals surface area contributed by atoms with Crippen LogP contribution in [0.4, 0.5) is 10.6 Å². The van der Waals surface area contributed by atoms with Crippen LogP contribution >= 0.6 is 0 Å². The summed E-state index contributed by atoms with van der Waals surface area (Å²) >= 11 is 0. The molecule has 0 spiro atoms. The fourth-order valence-corrected chi connectivity index (χ4v) is 2.99. The second kappa shape index (κ2) is 9.94. The molecular weight excluding hydrogens is 334 g/mol. The Morgan fingerprint density at radius 2 is 1.65 bits per heavy atom. The van der Waals surface area contributed by atoms with Crippen molar-refractivity contribution in [1.82, 2.24) is 19.8 Å². The Morgan fingerprint density at radius 3 is 2.23 bits per heavy atom. The number of aromatic nitrogens is 2. The molecule has 1 saturated heterocycles. The minimum atomic E-state index is -0.321. The summed E-state index contributed by atoms with van der Waals surface area (Å²) in [5, 5.41) is 0. The summed E-state index contributed by atoms with van der Waals surface area (Å²) < 4.78 is 5.01. The molecule has 1 fully saturated rings. The van der Waals surface area contributed by atoms with Gasteiger partial charge in [0.2, 0.25) is 0 Å². The standard InChI is InChI=1S/C18H29N5O3/c1-4-7-21(8-5-2)16-13-15(19-14-20-16)17(24)22-9-11-23(12-10-22)18(25)26-6-3/h13-14H,4-12H2,1-3H3. The van der Waals surface area contributed by atoms with Crippen molar-refractivity contribution >= 4 is 17.8 Å². The quantitative estimate of drug-likeness (QED) is 0.737. The van der Waals surface area contributed by atoms with Gasteiger partial charge in [-0.15, -0.1) is 0 Å². The van der Waals surface area contributed by atoms with E-state index < -0.39 is 0 Å². The van der Waals surface area contributed by atoms with Crippen LogP contribution in [0, 0.1) is 0 Å². The van der Waals surface area contributed by atoms with Crippen LogP contribution in [-0.4, -0.2) is 77.6 Å². The summed E-state index contributed by atoms with van der Waals surface area (Å²) in [6.45, 7) is 10.1. The highest BCUT2D eigenvalue weighted by atomic mass is 16.6. The molecule has 0 unspecified atom stereocenters. The molecule has 0 radical (unpaired) electrons. The van der Waals surface area contributed by atoms with Gasteiger partial charge in [-0.1, -0.05) is 13.8 Å². The largest absolute Gasteiger partial charge is 0.450 e. The molecule has 2 amide bonds. The number of hydrogen-bond donors (Lipinski definition) is 0. The number of amides is 2. The minimum Gasteiger partial charge on any atom is -0.450 e. The van der Waals surface area contributed by atoms with Crippen LogP contribution in [0.1, 0.15) is 44.1 Å². The lowest BCUT2D eigenvalue weighted by Crippen LogP contribution is -2.50. The van der Waals surface area contributed by atoms with Crippen molar-refractivity contribution in [2.24, 2.45) is 0 Å². The van der Waals surface area contributed by atoms with Gasteiger partial charge in [0, 0.05) is 45.3 Å². The predicted octanol–water partition coefficient (Wildman–Crippen LogP) is 2.02. The van der Waals surface area contributed by atoms with E-state index in [0.717, 1.165) is 31.7 Å². The van der Waals surface area contributed by atoms with Gasteiger partial charge >= 0.3 is 6.09 Å². The molecule has 1 aliphatic heterocycles. The van der Waals surface area contributed by atoms with Gasteiger partial charge in [0.25, 0.3) is 5.91 Å². The van der Waals surface area contributed by atoms with E-state index >= 15 is 0 Å². The summed E-state index contributed by atoms with van der Waals surface area (Å²) in [5.74, 6) is 0.669. The topological polar surface area (TPSA) is 78.9 Å². The number of piperazine rings is 1. The van der Waals surface area contributed by atoms with Crippen molar-refractivity contribution in [1.29, 1.82) is 0 Å². The number of ether oxygens (including phenoxy) is 1. The van der Waals surface area contributed by atoms with Crippen molar-refractivity contribution in [3.05, 3.63) is 18.1 Å². The normalized spacial score (nSPS) is 14.3. The van der Waals surface area contributed by atoms with Crippen LogP contribution in [0.15, 0.2) is 12.4 Å². The number of anilines is 1. The molecule has 0 bridgehead atoms. The molecule has 8 heteroatoms.